The summed E-state index contributed by atoms with van der Waals surface area (Å²) in [5.41, 5.74) is -2.31. The van der Waals surface area contributed by atoms with Crippen molar-refractivity contribution < 1.29 is 27.4 Å². The van der Waals surface area contributed by atoms with Crippen molar-refractivity contribution in [3.63, 3.8) is 0 Å². The van der Waals surface area contributed by atoms with Crippen molar-refractivity contribution in [2.75, 3.05) is 31.1 Å². The van der Waals surface area contributed by atoms with Crippen LogP contribution in [0.4, 0.5) is 23.8 Å². The molecule has 2 aliphatic heterocycles. The second-order valence-electron chi connectivity index (χ2n) is 7.39. The molecule has 1 saturated heterocycles. The van der Waals surface area contributed by atoms with Gasteiger partial charge in [-0.3, -0.25) is 0 Å². The molecule has 1 atom stereocenters. The van der Waals surface area contributed by atoms with E-state index in [1.165, 1.54) is 4.90 Å². The lowest BCUT2D eigenvalue weighted by Gasteiger charge is -2.44. The zero-order chi connectivity index (χ0) is 20.0. The lowest BCUT2D eigenvalue weighted by atomic mass is 10.1. The number of carbonyl (C=O) groups is 1. The standard InChI is InChI=1S/C17H19F3N4O3/c1-16(2,3)27-15(25)23-4-5-24-10(8-23)9-26-13-11(6-21)12(17(18,19)20)7-22-14(13)24/h7,10H,4-5,8-9H2,1-3H3/t10-/m1/s1. The van der Waals surface area contributed by atoms with Crippen LogP contribution >= 0.6 is 0 Å². The number of rotatable bonds is 0. The minimum atomic E-state index is -4.69. The summed E-state index contributed by atoms with van der Waals surface area (Å²) in [6.45, 7) is 6.33. The van der Waals surface area contributed by atoms with Gasteiger partial charge in [-0.2, -0.15) is 18.4 Å². The lowest BCUT2D eigenvalue weighted by Crippen LogP contribution is -2.59. The van der Waals surface area contributed by atoms with Gasteiger partial charge >= 0.3 is 12.3 Å². The van der Waals surface area contributed by atoms with Crippen LogP contribution in [0.5, 0.6) is 5.75 Å². The zero-order valence-corrected chi connectivity index (χ0v) is 15.1. The smallest absolute Gasteiger partial charge is 0.419 e. The molecule has 27 heavy (non-hydrogen) atoms. The maximum absolute atomic E-state index is 13.1. The molecular formula is C17H19F3N4O3. The van der Waals surface area contributed by atoms with Crippen LogP contribution in [-0.4, -0.2) is 53.9 Å². The Kier molecular flexibility index (Phi) is 4.57. The lowest BCUT2D eigenvalue weighted by molar-refractivity contribution is -0.138. The van der Waals surface area contributed by atoms with Gasteiger partial charge in [0.1, 0.15) is 23.8 Å². The van der Waals surface area contributed by atoms with Gasteiger partial charge in [-0.1, -0.05) is 0 Å². The number of anilines is 1. The van der Waals surface area contributed by atoms with Gasteiger partial charge in [0.15, 0.2) is 11.6 Å². The third kappa shape index (κ3) is 3.72. The number of alkyl halides is 3. The highest BCUT2D eigenvalue weighted by molar-refractivity contribution is 5.70. The Bertz CT molecular complexity index is 798. The second kappa shape index (κ2) is 6.48. The van der Waals surface area contributed by atoms with E-state index in [2.05, 4.69) is 4.98 Å². The highest BCUT2D eigenvalue weighted by atomic mass is 19.4. The SMILES string of the molecule is CC(C)(C)OC(=O)N1CCN2c3ncc(C(F)(F)F)c(C#N)c3OC[C@H]2C1. The first kappa shape index (κ1) is 19.1. The summed E-state index contributed by atoms with van der Waals surface area (Å²) < 4.78 is 50.1. The van der Waals surface area contributed by atoms with Gasteiger partial charge in [0, 0.05) is 25.8 Å². The minimum Gasteiger partial charge on any atom is -0.486 e. The fourth-order valence-electron chi connectivity index (χ4n) is 3.10. The van der Waals surface area contributed by atoms with Crippen LogP contribution in [0.1, 0.15) is 31.9 Å². The Balaban J connectivity index is 1.84. The van der Waals surface area contributed by atoms with Crippen LogP contribution in [0.2, 0.25) is 0 Å². The molecule has 0 spiro atoms. The van der Waals surface area contributed by atoms with Gasteiger partial charge in [-0.05, 0) is 20.8 Å². The molecule has 0 aromatic carbocycles. The number of halogens is 3. The highest BCUT2D eigenvalue weighted by Crippen LogP contribution is 2.42. The molecule has 0 aliphatic carbocycles. The number of piperazine rings is 1. The second-order valence-corrected chi connectivity index (χ2v) is 7.39. The van der Waals surface area contributed by atoms with E-state index < -0.39 is 29.0 Å². The summed E-state index contributed by atoms with van der Waals surface area (Å²) in [7, 11) is 0. The van der Waals surface area contributed by atoms with Crippen LogP contribution in [0, 0.1) is 11.3 Å². The first-order valence-electron chi connectivity index (χ1n) is 8.39. The van der Waals surface area contributed by atoms with Crippen LogP contribution in [0.25, 0.3) is 0 Å². The van der Waals surface area contributed by atoms with E-state index in [-0.39, 0.29) is 24.2 Å². The maximum Gasteiger partial charge on any atom is 0.419 e. The van der Waals surface area contributed by atoms with E-state index in [9.17, 15) is 23.2 Å². The molecule has 1 aromatic rings. The molecule has 3 rings (SSSR count). The fraction of sp³-hybridized carbons (Fsp3) is 0.588. The third-order valence-corrected chi connectivity index (χ3v) is 4.26. The predicted molar refractivity (Wildman–Crippen MR) is 88.4 cm³/mol. The van der Waals surface area contributed by atoms with Gasteiger partial charge in [0.25, 0.3) is 0 Å². The zero-order valence-electron chi connectivity index (χ0n) is 15.1. The topological polar surface area (TPSA) is 78.7 Å². The number of hydrogen-bond donors (Lipinski definition) is 0. The summed E-state index contributed by atoms with van der Waals surface area (Å²) in [6.07, 6.45) is -4.49. The number of pyridine rings is 1. The van der Waals surface area contributed by atoms with Gasteiger partial charge in [0.2, 0.25) is 0 Å². The van der Waals surface area contributed by atoms with E-state index in [1.807, 2.05) is 0 Å². The molecule has 1 fully saturated rings. The van der Waals surface area contributed by atoms with Crippen LogP contribution < -0.4 is 9.64 Å². The number of aromatic nitrogens is 1. The molecule has 10 heteroatoms. The van der Waals surface area contributed by atoms with Crippen molar-refractivity contribution in [3.05, 3.63) is 17.3 Å². The molecular weight excluding hydrogens is 365 g/mol. The van der Waals surface area contributed by atoms with E-state index in [1.54, 1.807) is 31.7 Å². The summed E-state index contributed by atoms with van der Waals surface area (Å²) in [6, 6.07) is 1.30. The number of carbonyl (C=O) groups excluding carboxylic acids is 1. The third-order valence-electron chi connectivity index (χ3n) is 4.26. The van der Waals surface area contributed by atoms with Crippen molar-refractivity contribution in [2.24, 2.45) is 0 Å². The van der Waals surface area contributed by atoms with Crippen molar-refractivity contribution in [2.45, 2.75) is 38.6 Å². The molecule has 0 radical (unpaired) electrons. The van der Waals surface area contributed by atoms with Crippen molar-refractivity contribution in [3.8, 4) is 11.8 Å². The predicted octanol–water partition coefficient (Wildman–Crippen LogP) is 2.79. The average Bonchev–Trinajstić information content (AvgIpc) is 2.57. The van der Waals surface area contributed by atoms with Gasteiger partial charge < -0.3 is 19.3 Å². The molecule has 7 nitrogen and oxygen atoms in total. The molecule has 1 aromatic heterocycles. The molecule has 0 unspecified atom stereocenters. The number of ether oxygens (including phenoxy) is 2. The Labute approximate surface area is 154 Å². The number of fused-ring (bicyclic) bond motifs is 3. The summed E-state index contributed by atoms with van der Waals surface area (Å²) in [4.78, 5) is 19.5. The Morgan fingerprint density at radius 2 is 2.07 bits per heavy atom. The number of amides is 1. The van der Waals surface area contributed by atoms with Crippen molar-refractivity contribution in [1.29, 1.82) is 5.26 Å². The molecule has 0 bridgehead atoms. The summed E-state index contributed by atoms with van der Waals surface area (Å²) >= 11 is 0. The molecule has 1 amide bonds. The molecule has 2 aliphatic rings. The number of nitrogens with zero attached hydrogens (tertiary/aromatic N) is 4. The van der Waals surface area contributed by atoms with Gasteiger partial charge in [-0.15, -0.1) is 0 Å². The summed E-state index contributed by atoms with van der Waals surface area (Å²) in [5.74, 6) is 0.0360. The van der Waals surface area contributed by atoms with E-state index >= 15 is 0 Å². The molecule has 3 heterocycles. The largest absolute Gasteiger partial charge is 0.486 e. The first-order valence-corrected chi connectivity index (χ1v) is 8.39. The molecule has 0 saturated carbocycles. The van der Waals surface area contributed by atoms with Crippen molar-refractivity contribution in [1.82, 2.24) is 9.88 Å². The summed E-state index contributed by atoms with van der Waals surface area (Å²) in [5, 5.41) is 9.21. The van der Waals surface area contributed by atoms with Crippen molar-refractivity contribution >= 4 is 11.9 Å². The van der Waals surface area contributed by atoms with Gasteiger partial charge in [0.05, 0.1) is 11.6 Å². The van der Waals surface area contributed by atoms with Gasteiger partial charge in [-0.25, -0.2) is 9.78 Å². The fourth-order valence-corrected chi connectivity index (χ4v) is 3.10. The van der Waals surface area contributed by atoms with E-state index in [4.69, 9.17) is 9.47 Å². The first-order chi connectivity index (χ1) is 12.5. The number of hydrogen-bond acceptors (Lipinski definition) is 6. The Hall–Kier alpha value is -2.70. The molecule has 0 N–H and O–H groups in total. The Morgan fingerprint density at radius 3 is 2.67 bits per heavy atom. The van der Waals surface area contributed by atoms with Crippen LogP contribution in [-0.2, 0) is 10.9 Å². The highest BCUT2D eigenvalue weighted by Gasteiger charge is 2.42. The van der Waals surface area contributed by atoms with E-state index in [0.29, 0.717) is 25.8 Å². The van der Waals surface area contributed by atoms with Crippen LogP contribution in [0.15, 0.2) is 6.20 Å². The van der Waals surface area contributed by atoms with E-state index in [0.717, 1.165) is 0 Å². The number of nitriles is 1. The minimum absolute atomic E-state index is 0.0456. The monoisotopic (exact) mass is 384 g/mol. The quantitative estimate of drug-likeness (QED) is 0.685. The maximum atomic E-state index is 13.1. The normalized spacial score (nSPS) is 19.5. The molecule has 146 valence electrons. The average molecular weight is 384 g/mol. The Morgan fingerprint density at radius 1 is 1.37 bits per heavy atom. The van der Waals surface area contributed by atoms with Crippen LogP contribution in [0.3, 0.4) is 0 Å².